The zero-order chi connectivity index (χ0) is 17.9. The first-order valence-electron chi connectivity index (χ1n) is 9.26. The molecule has 0 N–H and O–H groups in total. The molecule has 1 heterocycles. The molecular weight excluding hydrogens is 330 g/mol. The van der Waals surface area contributed by atoms with Crippen molar-refractivity contribution in [3.63, 3.8) is 0 Å². The Morgan fingerprint density at radius 1 is 0.846 bits per heavy atom. The Labute approximate surface area is 155 Å². The fourth-order valence-corrected chi connectivity index (χ4v) is 2.84. The van der Waals surface area contributed by atoms with Crippen LogP contribution in [-0.2, 0) is 9.47 Å². The lowest BCUT2D eigenvalue weighted by molar-refractivity contribution is 0.0603. The monoisotopic (exact) mass is 357 g/mol. The first-order chi connectivity index (χ1) is 12.9. The lowest BCUT2D eigenvalue weighted by Crippen LogP contribution is -2.32. The molecular formula is C21H27NO4. The van der Waals surface area contributed by atoms with Gasteiger partial charge in [-0.05, 0) is 30.2 Å². The highest BCUT2D eigenvalue weighted by molar-refractivity contribution is 5.39. The average molecular weight is 357 g/mol. The predicted octanol–water partition coefficient (Wildman–Crippen LogP) is 2.83. The molecule has 1 aromatic carbocycles. The van der Waals surface area contributed by atoms with Crippen molar-refractivity contribution >= 4 is 0 Å². The highest BCUT2D eigenvalue weighted by atomic mass is 16.6. The molecule has 26 heavy (non-hydrogen) atoms. The van der Waals surface area contributed by atoms with E-state index in [9.17, 15) is 0 Å². The van der Waals surface area contributed by atoms with Crippen LogP contribution in [0.25, 0.3) is 0 Å². The third-order valence-corrected chi connectivity index (χ3v) is 4.28. The lowest BCUT2D eigenvalue weighted by Gasteiger charge is -2.22. The minimum atomic E-state index is 0.513. The molecule has 0 saturated heterocycles. The SMILES string of the molecule is C1=CC=CC=1CCN1CCOCCOc2ccccc2OCCOCC1. The van der Waals surface area contributed by atoms with Gasteiger partial charge in [0.15, 0.2) is 11.5 Å². The summed E-state index contributed by atoms with van der Waals surface area (Å²) in [6.07, 6.45) is 7.11. The van der Waals surface area contributed by atoms with Crippen LogP contribution in [0.5, 0.6) is 11.5 Å². The van der Waals surface area contributed by atoms with Crippen molar-refractivity contribution in [3.05, 3.63) is 53.8 Å². The molecule has 1 aliphatic heterocycles. The van der Waals surface area contributed by atoms with Gasteiger partial charge < -0.3 is 18.9 Å². The Kier molecular flexibility index (Phi) is 7.81. The molecule has 5 nitrogen and oxygen atoms in total. The van der Waals surface area contributed by atoms with Crippen LogP contribution in [0.1, 0.15) is 6.42 Å². The van der Waals surface area contributed by atoms with Gasteiger partial charge in [0, 0.05) is 19.6 Å². The van der Waals surface area contributed by atoms with Gasteiger partial charge in [0.1, 0.15) is 13.2 Å². The van der Waals surface area contributed by atoms with Gasteiger partial charge in [-0.3, -0.25) is 4.90 Å². The number of nitrogens with zero attached hydrogens (tertiary/aromatic N) is 1. The van der Waals surface area contributed by atoms with Gasteiger partial charge in [0.05, 0.1) is 26.4 Å². The number of fused-ring (bicyclic) bond motifs is 1. The van der Waals surface area contributed by atoms with Gasteiger partial charge in [-0.15, -0.1) is 5.73 Å². The Balaban J connectivity index is 1.48. The van der Waals surface area contributed by atoms with Crippen LogP contribution in [0.15, 0.2) is 53.8 Å². The van der Waals surface area contributed by atoms with E-state index in [4.69, 9.17) is 18.9 Å². The van der Waals surface area contributed by atoms with E-state index in [1.165, 1.54) is 5.57 Å². The van der Waals surface area contributed by atoms with E-state index < -0.39 is 0 Å². The van der Waals surface area contributed by atoms with Gasteiger partial charge >= 0.3 is 0 Å². The van der Waals surface area contributed by atoms with Crippen LogP contribution in [0, 0.1) is 0 Å². The Morgan fingerprint density at radius 3 is 2.08 bits per heavy atom. The second-order valence-corrected chi connectivity index (χ2v) is 6.16. The van der Waals surface area contributed by atoms with Gasteiger partial charge in [0.2, 0.25) is 0 Å². The summed E-state index contributed by atoms with van der Waals surface area (Å²) >= 11 is 0. The zero-order valence-corrected chi connectivity index (χ0v) is 15.2. The van der Waals surface area contributed by atoms with Crippen LogP contribution in [0.3, 0.4) is 0 Å². The molecule has 140 valence electrons. The van der Waals surface area contributed by atoms with Crippen molar-refractivity contribution in [2.75, 3.05) is 59.3 Å². The number of rotatable bonds is 3. The first-order valence-corrected chi connectivity index (χ1v) is 9.26. The Bertz CT molecular complexity index is 614. The van der Waals surface area contributed by atoms with Crippen LogP contribution >= 0.6 is 0 Å². The van der Waals surface area contributed by atoms with E-state index in [1.54, 1.807) is 0 Å². The number of hydrogen-bond acceptors (Lipinski definition) is 5. The standard InChI is InChI=1S/C21H27NO4/c1-2-6-19(5-1)9-10-22-11-13-23-15-17-25-20-7-3-4-8-21(20)26-18-16-24-14-12-22/h1-5,7-8H,9-18H2. The van der Waals surface area contributed by atoms with Crippen molar-refractivity contribution < 1.29 is 18.9 Å². The van der Waals surface area contributed by atoms with E-state index >= 15 is 0 Å². The molecule has 5 heteroatoms. The largest absolute Gasteiger partial charge is 0.487 e. The second kappa shape index (κ2) is 10.8. The zero-order valence-electron chi connectivity index (χ0n) is 15.2. The van der Waals surface area contributed by atoms with Crippen LogP contribution in [0.2, 0.25) is 0 Å². The maximum absolute atomic E-state index is 5.78. The number of ether oxygens (including phenoxy) is 4. The molecule has 3 rings (SSSR count). The fourth-order valence-electron chi connectivity index (χ4n) is 2.84. The molecule has 0 spiro atoms. The van der Waals surface area contributed by atoms with E-state index in [-0.39, 0.29) is 0 Å². The van der Waals surface area contributed by atoms with E-state index in [0.717, 1.165) is 37.6 Å². The number of allylic oxidation sites excluding steroid dienone is 2. The highest BCUT2D eigenvalue weighted by Gasteiger charge is 2.08. The fraction of sp³-hybridized carbons (Fsp3) is 0.476. The maximum Gasteiger partial charge on any atom is 0.161 e. The molecule has 0 saturated carbocycles. The topological polar surface area (TPSA) is 40.2 Å². The molecule has 1 aromatic rings. The summed E-state index contributed by atoms with van der Waals surface area (Å²) in [5.41, 5.74) is 4.51. The van der Waals surface area contributed by atoms with E-state index in [0.29, 0.717) is 39.6 Å². The van der Waals surface area contributed by atoms with Crippen molar-refractivity contribution in [3.8, 4) is 11.5 Å². The summed E-state index contributed by atoms with van der Waals surface area (Å²) in [6, 6.07) is 7.71. The van der Waals surface area contributed by atoms with Gasteiger partial charge in [-0.25, -0.2) is 0 Å². The maximum atomic E-state index is 5.78. The Hall–Kier alpha value is -2.04. The number of para-hydroxylation sites is 2. The summed E-state index contributed by atoms with van der Waals surface area (Å²) < 4.78 is 23.0. The summed E-state index contributed by atoms with van der Waals surface area (Å²) in [5, 5.41) is 0. The van der Waals surface area contributed by atoms with Crippen molar-refractivity contribution in [2.24, 2.45) is 0 Å². The van der Waals surface area contributed by atoms with Gasteiger partial charge in [-0.2, -0.15) is 0 Å². The van der Waals surface area contributed by atoms with Gasteiger partial charge in [-0.1, -0.05) is 24.3 Å². The highest BCUT2D eigenvalue weighted by Crippen LogP contribution is 2.26. The number of benzene rings is 1. The molecule has 1 aliphatic carbocycles. The second-order valence-electron chi connectivity index (χ2n) is 6.16. The molecule has 0 radical (unpaired) electrons. The van der Waals surface area contributed by atoms with E-state index in [2.05, 4.69) is 16.7 Å². The van der Waals surface area contributed by atoms with Crippen LogP contribution in [0.4, 0.5) is 0 Å². The summed E-state index contributed by atoms with van der Waals surface area (Å²) in [4.78, 5) is 2.37. The van der Waals surface area contributed by atoms with Gasteiger partial charge in [0.25, 0.3) is 0 Å². The third-order valence-electron chi connectivity index (χ3n) is 4.28. The van der Waals surface area contributed by atoms with Crippen molar-refractivity contribution in [2.45, 2.75) is 6.42 Å². The molecule has 0 aromatic heterocycles. The summed E-state index contributed by atoms with van der Waals surface area (Å²) in [5.74, 6) is 1.50. The first kappa shape index (κ1) is 18.7. The molecule has 0 atom stereocenters. The van der Waals surface area contributed by atoms with Crippen LogP contribution in [-0.4, -0.2) is 64.2 Å². The molecule has 0 amide bonds. The number of hydrogen-bond donors (Lipinski definition) is 0. The minimum Gasteiger partial charge on any atom is -0.487 e. The predicted molar refractivity (Wildman–Crippen MR) is 101 cm³/mol. The molecule has 0 bridgehead atoms. The molecule has 2 aliphatic rings. The molecule has 0 fully saturated rings. The average Bonchev–Trinajstić information content (AvgIpc) is 3.18. The van der Waals surface area contributed by atoms with E-state index in [1.807, 2.05) is 36.4 Å². The van der Waals surface area contributed by atoms with Crippen molar-refractivity contribution in [1.82, 2.24) is 4.90 Å². The normalized spacial score (nSPS) is 19.6. The van der Waals surface area contributed by atoms with Crippen LogP contribution < -0.4 is 9.47 Å². The smallest absolute Gasteiger partial charge is 0.161 e. The summed E-state index contributed by atoms with van der Waals surface area (Å²) in [6.45, 7) is 6.28. The lowest BCUT2D eigenvalue weighted by atomic mass is 10.2. The quantitative estimate of drug-likeness (QED) is 0.778. The summed E-state index contributed by atoms with van der Waals surface area (Å²) in [7, 11) is 0. The van der Waals surface area contributed by atoms with Crippen molar-refractivity contribution in [1.29, 1.82) is 0 Å². The Morgan fingerprint density at radius 2 is 1.50 bits per heavy atom. The third kappa shape index (κ3) is 6.36. The minimum absolute atomic E-state index is 0.513. The molecule has 0 unspecified atom stereocenters.